The fourth-order valence-electron chi connectivity index (χ4n) is 3.01. The Kier molecular flexibility index (Phi) is 3.83. The number of carbonyl (C=O) groups excluding carboxylic acids is 1. The number of rotatable bonds is 5. The highest BCUT2D eigenvalue weighted by molar-refractivity contribution is 5.76. The van der Waals surface area contributed by atoms with Crippen LogP contribution in [0.1, 0.15) is 43.6 Å². The Morgan fingerprint density at radius 1 is 1.32 bits per heavy atom. The van der Waals surface area contributed by atoms with Crippen molar-refractivity contribution in [3.8, 4) is 0 Å². The van der Waals surface area contributed by atoms with E-state index in [0.29, 0.717) is 24.4 Å². The van der Waals surface area contributed by atoms with Gasteiger partial charge in [0.1, 0.15) is 0 Å². The summed E-state index contributed by atoms with van der Waals surface area (Å²) in [5.74, 6) is 0.756. The van der Waals surface area contributed by atoms with Crippen LogP contribution in [0, 0.1) is 0 Å². The van der Waals surface area contributed by atoms with Gasteiger partial charge in [0.05, 0.1) is 0 Å². The third kappa shape index (κ3) is 3.35. The molecule has 3 atom stereocenters. The van der Waals surface area contributed by atoms with Crippen molar-refractivity contribution < 1.29 is 4.79 Å². The van der Waals surface area contributed by atoms with Crippen LogP contribution in [0.25, 0.3) is 0 Å². The molecular weight excluding hydrogens is 236 g/mol. The molecule has 3 heteroatoms. The van der Waals surface area contributed by atoms with Crippen LogP contribution < -0.4 is 10.6 Å². The maximum atomic E-state index is 11.9. The van der Waals surface area contributed by atoms with Crippen LogP contribution in [-0.4, -0.2) is 24.5 Å². The molecule has 1 amide bonds. The molecule has 1 heterocycles. The van der Waals surface area contributed by atoms with Crippen LogP contribution in [0.3, 0.4) is 0 Å². The number of nitrogens with one attached hydrogen (secondary N) is 2. The SMILES string of the molecule is O=C(CCC1CCCN1)NC1CC1c1ccccc1. The topological polar surface area (TPSA) is 41.1 Å². The fraction of sp³-hybridized carbons (Fsp3) is 0.562. The van der Waals surface area contributed by atoms with Crippen molar-refractivity contribution in [2.45, 2.75) is 50.1 Å². The van der Waals surface area contributed by atoms with E-state index in [4.69, 9.17) is 0 Å². The lowest BCUT2D eigenvalue weighted by molar-refractivity contribution is -0.121. The highest BCUT2D eigenvalue weighted by Gasteiger charge is 2.39. The molecule has 1 saturated heterocycles. The van der Waals surface area contributed by atoms with E-state index in [1.165, 1.54) is 18.4 Å². The third-order valence-electron chi connectivity index (χ3n) is 4.25. The molecule has 2 aliphatic rings. The average Bonchev–Trinajstić information content (AvgIpc) is 3.00. The first-order valence-corrected chi connectivity index (χ1v) is 7.40. The summed E-state index contributed by atoms with van der Waals surface area (Å²) in [6, 6.07) is 11.4. The van der Waals surface area contributed by atoms with Crippen molar-refractivity contribution in [3.63, 3.8) is 0 Å². The van der Waals surface area contributed by atoms with Crippen LogP contribution in [-0.2, 0) is 4.79 Å². The van der Waals surface area contributed by atoms with E-state index in [-0.39, 0.29) is 5.91 Å². The molecular formula is C16H22N2O. The van der Waals surface area contributed by atoms with Gasteiger partial charge in [-0.15, -0.1) is 0 Å². The number of hydrogen-bond acceptors (Lipinski definition) is 2. The first kappa shape index (κ1) is 12.7. The smallest absolute Gasteiger partial charge is 0.220 e. The second-order valence-electron chi connectivity index (χ2n) is 5.76. The summed E-state index contributed by atoms with van der Waals surface area (Å²) in [5, 5.41) is 6.60. The van der Waals surface area contributed by atoms with E-state index in [1.807, 2.05) is 6.07 Å². The lowest BCUT2D eigenvalue weighted by Gasteiger charge is -2.10. The third-order valence-corrected chi connectivity index (χ3v) is 4.25. The highest BCUT2D eigenvalue weighted by atomic mass is 16.1. The largest absolute Gasteiger partial charge is 0.353 e. The summed E-state index contributed by atoms with van der Waals surface area (Å²) in [5.41, 5.74) is 1.35. The number of benzene rings is 1. The Labute approximate surface area is 114 Å². The standard InChI is InChI=1S/C16H22N2O/c19-16(9-8-13-7-4-10-17-13)18-15-11-14(15)12-5-2-1-3-6-12/h1-3,5-6,13-15,17H,4,7-11H2,(H,18,19). The average molecular weight is 258 g/mol. The van der Waals surface area contributed by atoms with E-state index in [9.17, 15) is 4.79 Å². The van der Waals surface area contributed by atoms with Gasteiger partial charge in [0.15, 0.2) is 0 Å². The van der Waals surface area contributed by atoms with Gasteiger partial charge in [0.25, 0.3) is 0 Å². The first-order chi connectivity index (χ1) is 9.33. The molecule has 3 nitrogen and oxygen atoms in total. The minimum atomic E-state index is 0.220. The zero-order chi connectivity index (χ0) is 13.1. The molecule has 19 heavy (non-hydrogen) atoms. The van der Waals surface area contributed by atoms with Crippen molar-refractivity contribution in [3.05, 3.63) is 35.9 Å². The molecule has 0 spiro atoms. The molecule has 3 unspecified atom stereocenters. The van der Waals surface area contributed by atoms with Crippen LogP contribution in [0.5, 0.6) is 0 Å². The molecule has 1 aromatic rings. The van der Waals surface area contributed by atoms with Gasteiger partial charge in [0, 0.05) is 24.4 Å². The Balaban J connectivity index is 1.39. The lowest BCUT2D eigenvalue weighted by Crippen LogP contribution is -2.29. The predicted octanol–water partition coefficient (Wildman–Crippen LogP) is 2.19. The molecule has 1 aliphatic carbocycles. The number of hydrogen-bond donors (Lipinski definition) is 2. The van der Waals surface area contributed by atoms with Gasteiger partial charge in [-0.1, -0.05) is 30.3 Å². The van der Waals surface area contributed by atoms with Crippen molar-refractivity contribution in [1.29, 1.82) is 0 Å². The van der Waals surface area contributed by atoms with Gasteiger partial charge in [-0.05, 0) is 37.8 Å². The number of carbonyl (C=O) groups is 1. The first-order valence-electron chi connectivity index (χ1n) is 7.40. The normalized spacial score (nSPS) is 29.2. The molecule has 3 rings (SSSR count). The van der Waals surface area contributed by atoms with E-state index >= 15 is 0 Å². The Hall–Kier alpha value is -1.35. The van der Waals surface area contributed by atoms with Gasteiger partial charge in [0.2, 0.25) is 5.91 Å². The monoisotopic (exact) mass is 258 g/mol. The summed E-state index contributed by atoms with van der Waals surface area (Å²) < 4.78 is 0. The minimum absolute atomic E-state index is 0.220. The van der Waals surface area contributed by atoms with Crippen LogP contribution in [0.2, 0.25) is 0 Å². The van der Waals surface area contributed by atoms with Crippen molar-refractivity contribution >= 4 is 5.91 Å². The quantitative estimate of drug-likeness (QED) is 0.850. The summed E-state index contributed by atoms with van der Waals surface area (Å²) >= 11 is 0. The number of amides is 1. The van der Waals surface area contributed by atoms with E-state index in [2.05, 4.69) is 34.9 Å². The molecule has 0 aromatic heterocycles. The van der Waals surface area contributed by atoms with Crippen molar-refractivity contribution in [2.75, 3.05) is 6.54 Å². The maximum Gasteiger partial charge on any atom is 0.220 e. The summed E-state index contributed by atoms with van der Waals surface area (Å²) in [6.45, 7) is 1.12. The minimum Gasteiger partial charge on any atom is -0.353 e. The van der Waals surface area contributed by atoms with Gasteiger partial charge >= 0.3 is 0 Å². The zero-order valence-electron chi connectivity index (χ0n) is 11.3. The van der Waals surface area contributed by atoms with E-state index in [1.54, 1.807) is 0 Å². The maximum absolute atomic E-state index is 11.9. The van der Waals surface area contributed by atoms with Gasteiger partial charge in [-0.3, -0.25) is 4.79 Å². The highest BCUT2D eigenvalue weighted by Crippen LogP contribution is 2.40. The van der Waals surface area contributed by atoms with Crippen molar-refractivity contribution in [2.24, 2.45) is 0 Å². The summed E-state index contributed by atoms with van der Waals surface area (Å²) in [4.78, 5) is 11.9. The molecule has 0 bridgehead atoms. The molecule has 0 radical (unpaired) electrons. The zero-order valence-corrected chi connectivity index (χ0v) is 11.3. The van der Waals surface area contributed by atoms with Crippen molar-refractivity contribution in [1.82, 2.24) is 10.6 Å². The Morgan fingerprint density at radius 3 is 2.89 bits per heavy atom. The second kappa shape index (κ2) is 5.74. The Morgan fingerprint density at radius 2 is 2.16 bits per heavy atom. The van der Waals surface area contributed by atoms with Gasteiger partial charge < -0.3 is 10.6 Å². The molecule has 1 saturated carbocycles. The van der Waals surface area contributed by atoms with Gasteiger partial charge in [-0.25, -0.2) is 0 Å². The molecule has 2 fully saturated rings. The van der Waals surface area contributed by atoms with Crippen LogP contribution in [0.4, 0.5) is 0 Å². The molecule has 1 aromatic carbocycles. The summed E-state index contributed by atoms with van der Waals surface area (Å²) in [7, 11) is 0. The lowest BCUT2D eigenvalue weighted by atomic mass is 10.1. The van der Waals surface area contributed by atoms with E-state index in [0.717, 1.165) is 19.4 Å². The van der Waals surface area contributed by atoms with Crippen LogP contribution in [0.15, 0.2) is 30.3 Å². The molecule has 1 aliphatic heterocycles. The summed E-state index contributed by atoms with van der Waals surface area (Å²) in [6.07, 6.45) is 5.22. The second-order valence-corrected chi connectivity index (χ2v) is 5.76. The predicted molar refractivity (Wildman–Crippen MR) is 76.0 cm³/mol. The molecule has 2 N–H and O–H groups in total. The fourth-order valence-corrected chi connectivity index (χ4v) is 3.01. The van der Waals surface area contributed by atoms with Crippen LogP contribution >= 0.6 is 0 Å². The molecule has 102 valence electrons. The van der Waals surface area contributed by atoms with Gasteiger partial charge in [-0.2, -0.15) is 0 Å². The Bertz CT molecular complexity index is 426. The van der Waals surface area contributed by atoms with E-state index < -0.39 is 0 Å².